The minimum atomic E-state index is -4.60. The van der Waals surface area contributed by atoms with E-state index in [1.807, 2.05) is 6.92 Å². The van der Waals surface area contributed by atoms with E-state index >= 15 is 0 Å². The number of aryl methyl sites for hydroxylation is 1. The highest BCUT2D eigenvalue weighted by Crippen LogP contribution is 2.30. The Morgan fingerprint density at radius 1 is 1.21 bits per heavy atom. The van der Waals surface area contributed by atoms with Crippen molar-refractivity contribution in [2.75, 3.05) is 22.8 Å². The van der Waals surface area contributed by atoms with Crippen molar-refractivity contribution in [3.05, 3.63) is 58.5 Å². The number of benzene rings is 1. The largest absolute Gasteiger partial charge is 0.433 e. The molecule has 0 aliphatic carbocycles. The zero-order chi connectivity index (χ0) is 24.8. The first-order chi connectivity index (χ1) is 15.3. The van der Waals surface area contributed by atoms with Crippen molar-refractivity contribution in [2.24, 2.45) is 0 Å². The number of anilines is 2. The Morgan fingerprint density at radius 3 is 2.48 bits per heavy atom. The fraction of sp³-hybridized carbons (Fsp3) is 0.333. The van der Waals surface area contributed by atoms with Gasteiger partial charge < -0.3 is 10.6 Å². The Bertz CT molecular complexity index is 1130. The molecule has 2 aromatic rings. The van der Waals surface area contributed by atoms with Gasteiger partial charge in [-0.2, -0.15) is 13.2 Å². The van der Waals surface area contributed by atoms with Crippen LogP contribution in [-0.4, -0.2) is 32.1 Å². The number of carbonyl (C=O) groups is 1. The van der Waals surface area contributed by atoms with Crippen molar-refractivity contribution >= 4 is 33.5 Å². The molecular formula is C21H24F4N4O3S. The summed E-state index contributed by atoms with van der Waals surface area (Å²) in [5.74, 6) is -1.35. The van der Waals surface area contributed by atoms with E-state index in [1.165, 1.54) is 25.1 Å². The fourth-order valence-corrected chi connectivity index (χ4v) is 3.42. The van der Waals surface area contributed by atoms with Crippen molar-refractivity contribution in [3.63, 3.8) is 0 Å². The minimum Gasteiger partial charge on any atom is -0.370 e. The molecule has 3 N–H and O–H groups in total. The molecule has 2 rings (SSSR count). The molecule has 0 atom stereocenters. The fourth-order valence-electron chi connectivity index (χ4n) is 2.79. The molecule has 0 saturated heterocycles. The number of carbonyl (C=O) groups excluding carboxylic acids is 1. The second kappa shape index (κ2) is 10.6. The molecule has 1 heterocycles. The third kappa shape index (κ3) is 8.04. The number of nitrogens with one attached hydrogen (secondary N) is 3. The quantitative estimate of drug-likeness (QED) is 0.365. The van der Waals surface area contributed by atoms with Crippen molar-refractivity contribution < 1.29 is 30.8 Å². The Hall–Kier alpha value is -3.15. The van der Waals surface area contributed by atoms with Gasteiger partial charge in [-0.05, 0) is 48.7 Å². The molecule has 0 radical (unpaired) electrons. The zero-order valence-electron chi connectivity index (χ0n) is 18.2. The van der Waals surface area contributed by atoms with E-state index in [-0.39, 0.29) is 18.1 Å². The molecule has 0 unspecified atom stereocenters. The zero-order valence-corrected chi connectivity index (χ0v) is 19.0. The van der Waals surface area contributed by atoms with Crippen LogP contribution in [0.1, 0.15) is 35.7 Å². The first-order valence-corrected chi connectivity index (χ1v) is 11.7. The van der Waals surface area contributed by atoms with Gasteiger partial charge in [0.2, 0.25) is 15.9 Å². The molecule has 0 aliphatic rings. The number of hydrogen-bond acceptors (Lipinski definition) is 5. The molecule has 0 spiro atoms. The maximum atomic E-state index is 14.3. The summed E-state index contributed by atoms with van der Waals surface area (Å²) in [5, 5.41) is 5.34. The molecule has 7 nitrogen and oxygen atoms in total. The van der Waals surface area contributed by atoms with Gasteiger partial charge in [0.05, 0.1) is 11.9 Å². The number of amides is 1. The van der Waals surface area contributed by atoms with Crippen LogP contribution in [0.2, 0.25) is 0 Å². The van der Waals surface area contributed by atoms with E-state index < -0.39 is 33.6 Å². The molecule has 1 amide bonds. The van der Waals surface area contributed by atoms with Crippen LogP contribution in [-0.2, 0) is 27.5 Å². The molecule has 33 heavy (non-hydrogen) atoms. The van der Waals surface area contributed by atoms with Crippen LogP contribution in [0.5, 0.6) is 0 Å². The minimum absolute atomic E-state index is 0.00221. The summed E-state index contributed by atoms with van der Waals surface area (Å²) in [6.45, 7) is 3.71. The van der Waals surface area contributed by atoms with Crippen molar-refractivity contribution in [2.45, 2.75) is 33.0 Å². The number of nitrogens with zero attached hydrogens (tertiary/aromatic N) is 1. The molecule has 0 bridgehead atoms. The number of hydrogen-bond donors (Lipinski definition) is 3. The van der Waals surface area contributed by atoms with Gasteiger partial charge in [-0.1, -0.05) is 13.0 Å². The van der Waals surface area contributed by atoms with E-state index in [2.05, 4.69) is 20.3 Å². The maximum Gasteiger partial charge on any atom is 0.433 e. The normalized spacial score (nSPS) is 12.1. The van der Waals surface area contributed by atoms with Gasteiger partial charge in [-0.3, -0.25) is 9.52 Å². The second-order valence-corrected chi connectivity index (χ2v) is 9.00. The highest BCUT2D eigenvalue weighted by Gasteiger charge is 2.32. The van der Waals surface area contributed by atoms with E-state index in [1.54, 1.807) is 0 Å². The third-order valence-corrected chi connectivity index (χ3v) is 4.85. The Morgan fingerprint density at radius 2 is 1.91 bits per heavy atom. The van der Waals surface area contributed by atoms with Gasteiger partial charge in [0.1, 0.15) is 17.3 Å². The molecule has 12 heteroatoms. The van der Waals surface area contributed by atoms with Gasteiger partial charge >= 0.3 is 6.18 Å². The maximum absolute atomic E-state index is 14.3. The smallest absolute Gasteiger partial charge is 0.370 e. The van der Waals surface area contributed by atoms with E-state index in [0.29, 0.717) is 29.7 Å². The summed E-state index contributed by atoms with van der Waals surface area (Å²) in [7, 11) is -3.66. The molecule has 1 aromatic carbocycles. The van der Waals surface area contributed by atoms with Crippen LogP contribution in [0, 0.1) is 12.7 Å². The summed E-state index contributed by atoms with van der Waals surface area (Å²) in [5.41, 5.74) is -0.192. The number of halogens is 4. The Labute approximate surface area is 189 Å². The molecule has 0 saturated carbocycles. The topological polar surface area (TPSA) is 100 Å². The van der Waals surface area contributed by atoms with Crippen LogP contribution in [0.4, 0.5) is 29.1 Å². The Balaban J connectivity index is 2.11. The third-order valence-electron chi connectivity index (χ3n) is 4.27. The molecule has 180 valence electrons. The monoisotopic (exact) mass is 488 g/mol. The number of rotatable bonds is 9. The van der Waals surface area contributed by atoms with Gasteiger partial charge in [0.15, 0.2) is 0 Å². The number of aromatic nitrogens is 1. The number of sulfonamides is 1. The summed E-state index contributed by atoms with van der Waals surface area (Å²) >= 11 is 0. The first-order valence-electron chi connectivity index (χ1n) is 9.85. The van der Waals surface area contributed by atoms with Crippen LogP contribution in [0.25, 0.3) is 6.08 Å². The van der Waals surface area contributed by atoms with Crippen molar-refractivity contribution in [3.8, 4) is 0 Å². The van der Waals surface area contributed by atoms with Crippen LogP contribution < -0.4 is 15.4 Å². The van der Waals surface area contributed by atoms with Crippen molar-refractivity contribution in [1.82, 2.24) is 10.3 Å². The molecule has 0 fully saturated rings. The average Bonchev–Trinajstić information content (AvgIpc) is 2.70. The predicted molar refractivity (Wildman–Crippen MR) is 119 cm³/mol. The van der Waals surface area contributed by atoms with E-state index in [0.717, 1.165) is 24.5 Å². The van der Waals surface area contributed by atoms with Gasteiger partial charge in [-0.15, -0.1) is 0 Å². The van der Waals surface area contributed by atoms with Crippen LogP contribution >= 0.6 is 0 Å². The SMILES string of the molecule is CCCNc1nc(C(F)(F)F)ccc1C=CC(=O)NCc1cc(C)c(NS(C)(=O)=O)c(F)c1. The number of alkyl halides is 3. The van der Waals surface area contributed by atoms with Crippen LogP contribution in [0.15, 0.2) is 30.3 Å². The lowest BCUT2D eigenvalue weighted by molar-refractivity contribution is -0.141. The lowest BCUT2D eigenvalue weighted by Gasteiger charge is -2.12. The number of pyridine rings is 1. The van der Waals surface area contributed by atoms with Crippen molar-refractivity contribution in [1.29, 1.82) is 0 Å². The van der Waals surface area contributed by atoms with E-state index in [9.17, 15) is 30.8 Å². The second-order valence-electron chi connectivity index (χ2n) is 7.25. The highest BCUT2D eigenvalue weighted by molar-refractivity contribution is 7.92. The highest BCUT2D eigenvalue weighted by atomic mass is 32.2. The van der Waals surface area contributed by atoms with Gasteiger partial charge in [0, 0.05) is 24.7 Å². The summed E-state index contributed by atoms with van der Waals surface area (Å²) in [6.07, 6.45) is -0.574. The summed E-state index contributed by atoms with van der Waals surface area (Å²) in [4.78, 5) is 15.8. The standard InChI is InChI=1S/C21H24F4N4O3S/c1-4-9-26-20-15(5-7-17(28-20)21(23,24)25)6-8-18(30)27-12-14-10-13(2)19(16(22)11-14)29-33(3,31)32/h5-8,10-11,29H,4,9,12H2,1-3H3,(H,26,28)(H,27,30). The predicted octanol–water partition coefficient (Wildman–Crippen LogP) is 4.07. The molecular weight excluding hydrogens is 464 g/mol. The molecule has 1 aromatic heterocycles. The summed E-state index contributed by atoms with van der Waals surface area (Å²) < 4.78 is 77.8. The van der Waals surface area contributed by atoms with E-state index in [4.69, 9.17) is 0 Å². The summed E-state index contributed by atoms with van der Waals surface area (Å²) in [6, 6.07) is 4.65. The average molecular weight is 489 g/mol. The Kier molecular flexibility index (Phi) is 8.42. The lowest BCUT2D eigenvalue weighted by Crippen LogP contribution is -2.21. The first kappa shape index (κ1) is 26.1. The van der Waals surface area contributed by atoms with Gasteiger partial charge in [0.25, 0.3) is 0 Å². The van der Waals surface area contributed by atoms with Crippen LogP contribution in [0.3, 0.4) is 0 Å². The lowest BCUT2D eigenvalue weighted by atomic mass is 10.1. The van der Waals surface area contributed by atoms with Gasteiger partial charge in [-0.25, -0.2) is 17.8 Å². The molecule has 0 aliphatic heterocycles.